The maximum absolute atomic E-state index is 12.6. The third kappa shape index (κ3) is 7.64. The molecule has 1 unspecified atom stereocenters. The number of ether oxygens (including phenoxy) is 2. The van der Waals surface area contributed by atoms with Crippen molar-refractivity contribution in [2.75, 3.05) is 32.8 Å². The Morgan fingerprint density at radius 3 is 2.54 bits per heavy atom. The van der Waals surface area contributed by atoms with Crippen LogP contribution in [0, 0.1) is 5.41 Å². The summed E-state index contributed by atoms with van der Waals surface area (Å²) < 4.78 is 17.3. The Balaban J connectivity index is 1.19. The van der Waals surface area contributed by atoms with Crippen LogP contribution < -0.4 is 14.9 Å². The third-order valence-electron chi connectivity index (χ3n) is 6.91. The second-order valence-corrected chi connectivity index (χ2v) is 11.3. The lowest BCUT2D eigenvalue weighted by Crippen LogP contribution is -2.59. The van der Waals surface area contributed by atoms with Crippen molar-refractivity contribution in [1.82, 2.24) is 14.8 Å². The Kier molecular flexibility index (Phi) is 9.35. The lowest BCUT2D eigenvalue weighted by molar-refractivity contribution is 0.0167. The van der Waals surface area contributed by atoms with Crippen LogP contribution in [0.15, 0.2) is 52.0 Å². The molecule has 2 aromatic heterocycles. The van der Waals surface area contributed by atoms with E-state index in [9.17, 15) is 14.7 Å². The zero-order valence-electron chi connectivity index (χ0n) is 22.7. The van der Waals surface area contributed by atoms with E-state index < -0.39 is 6.09 Å². The van der Waals surface area contributed by atoms with Gasteiger partial charge in [-0.3, -0.25) is 14.7 Å². The van der Waals surface area contributed by atoms with Crippen LogP contribution in [-0.4, -0.2) is 64.9 Å². The van der Waals surface area contributed by atoms with E-state index in [0.717, 1.165) is 35.9 Å². The molecule has 1 aromatic carbocycles. The van der Waals surface area contributed by atoms with Gasteiger partial charge in [0.2, 0.25) is 11.2 Å². The van der Waals surface area contributed by atoms with Crippen LogP contribution in [0.4, 0.5) is 4.79 Å². The Morgan fingerprint density at radius 2 is 1.85 bits per heavy atom. The summed E-state index contributed by atoms with van der Waals surface area (Å²) in [6.07, 6.45) is 4.69. The van der Waals surface area contributed by atoms with Gasteiger partial charge < -0.3 is 23.9 Å². The van der Waals surface area contributed by atoms with Crippen LogP contribution in [0.2, 0.25) is 5.02 Å². The SMILES string of the molecule is CC(C)(C)C1CN(Cc2cc(=O)c(OCCCCCOc3ccnc4cc(Cl)ccc34)co2)CCN1C(=O)O. The molecule has 1 amide bonds. The minimum absolute atomic E-state index is 0.147. The normalized spacial score (nSPS) is 16.4. The van der Waals surface area contributed by atoms with Crippen LogP contribution in [0.5, 0.6) is 11.5 Å². The number of hydrogen-bond donors (Lipinski definition) is 1. The van der Waals surface area contributed by atoms with Gasteiger partial charge in [-0.2, -0.15) is 0 Å². The van der Waals surface area contributed by atoms with E-state index in [1.54, 1.807) is 6.20 Å². The van der Waals surface area contributed by atoms with Gasteiger partial charge in [0.25, 0.3) is 0 Å². The molecule has 210 valence electrons. The van der Waals surface area contributed by atoms with Crippen molar-refractivity contribution in [3.05, 3.63) is 63.8 Å². The number of rotatable bonds is 10. The second kappa shape index (κ2) is 12.7. The zero-order chi connectivity index (χ0) is 28.0. The number of piperazine rings is 1. The van der Waals surface area contributed by atoms with E-state index >= 15 is 0 Å². The molecule has 0 radical (unpaired) electrons. The molecular formula is C29H36ClN3O6. The Hall–Kier alpha value is -3.30. The monoisotopic (exact) mass is 557 g/mol. The van der Waals surface area contributed by atoms with Crippen molar-refractivity contribution in [3.63, 3.8) is 0 Å². The molecule has 0 aliphatic carbocycles. The lowest BCUT2D eigenvalue weighted by atomic mass is 9.84. The number of benzene rings is 1. The largest absolute Gasteiger partial charge is 0.493 e. The fourth-order valence-corrected chi connectivity index (χ4v) is 4.93. The van der Waals surface area contributed by atoms with Crippen LogP contribution in [0.25, 0.3) is 10.9 Å². The van der Waals surface area contributed by atoms with E-state index in [2.05, 4.69) is 9.88 Å². The molecule has 4 rings (SSSR count). The van der Waals surface area contributed by atoms with Crippen molar-refractivity contribution in [2.45, 2.75) is 52.6 Å². The number of carboxylic acid groups (broad SMARTS) is 1. The second-order valence-electron chi connectivity index (χ2n) is 10.9. The van der Waals surface area contributed by atoms with E-state index in [1.807, 2.05) is 45.0 Å². The molecule has 1 N–H and O–H groups in total. The van der Waals surface area contributed by atoms with Gasteiger partial charge >= 0.3 is 6.09 Å². The standard InChI is InChI=1S/C29H36ClN3O6/c1-29(2,3)27-18-32(11-12-33(27)28(35)36)17-21-16-24(34)26(19-39-21)38-14-6-4-5-13-37-25-9-10-31-23-15-20(30)7-8-22(23)25/h7-10,15-16,19,27H,4-6,11-14,17-18H2,1-3H3,(H,35,36). The maximum Gasteiger partial charge on any atom is 0.407 e. The molecule has 0 bridgehead atoms. The molecule has 10 heteroatoms. The highest BCUT2D eigenvalue weighted by molar-refractivity contribution is 6.31. The number of nitrogens with zero attached hydrogens (tertiary/aromatic N) is 3. The van der Waals surface area contributed by atoms with Crippen molar-refractivity contribution >= 4 is 28.6 Å². The first-order valence-electron chi connectivity index (χ1n) is 13.3. The molecule has 1 atom stereocenters. The van der Waals surface area contributed by atoms with E-state index in [0.29, 0.717) is 50.2 Å². The lowest BCUT2D eigenvalue weighted by Gasteiger charge is -2.45. The third-order valence-corrected chi connectivity index (χ3v) is 7.15. The van der Waals surface area contributed by atoms with Gasteiger partial charge in [-0.1, -0.05) is 32.4 Å². The zero-order valence-corrected chi connectivity index (χ0v) is 23.4. The average Bonchev–Trinajstić information content (AvgIpc) is 2.88. The number of amides is 1. The minimum Gasteiger partial charge on any atom is -0.493 e. The summed E-state index contributed by atoms with van der Waals surface area (Å²) in [4.78, 5) is 32.2. The first-order chi connectivity index (χ1) is 18.6. The number of unbranched alkanes of at least 4 members (excludes halogenated alkanes) is 2. The smallest absolute Gasteiger partial charge is 0.407 e. The first kappa shape index (κ1) is 28.7. The molecule has 3 aromatic rings. The highest BCUT2D eigenvalue weighted by Gasteiger charge is 2.38. The van der Waals surface area contributed by atoms with Gasteiger partial charge in [0.15, 0.2) is 0 Å². The number of hydrogen-bond acceptors (Lipinski definition) is 7. The summed E-state index contributed by atoms with van der Waals surface area (Å²) in [6, 6.07) is 8.71. The van der Waals surface area contributed by atoms with Gasteiger partial charge in [-0.15, -0.1) is 0 Å². The molecule has 1 aliphatic rings. The Labute approximate surface area is 233 Å². The molecule has 1 aliphatic heterocycles. The molecule has 39 heavy (non-hydrogen) atoms. The Morgan fingerprint density at radius 1 is 1.10 bits per heavy atom. The predicted molar refractivity (Wildman–Crippen MR) is 150 cm³/mol. The molecule has 9 nitrogen and oxygen atoms in total. The van der Waals surface area contributed by atoms with E-state index in [4.69, 9.17) is 25.5 Å². The fraction of sp³-hybridized carbons (Fsp3) is 0.483. The summed E-state index contributed by atoms with van der Waals surface area (Å²) in [5.74, 6) is 1.51. The summed E-state index contributed by atoms with van der Waals surface area (Å²) >= 11 is 6.04. The summed E-state index contributed by atoms with van der Waals surface area (Å²) in [5, 5.41) is 11.1. The topological polar surface area (TPSA) is 105 Å². The molecule has 1 saturated heterocycles. The highest BCUT2D eigenvalue weighted by Crippen LogP contribution is 2.29. The van der Waals surface area contributed by atoms with E-state index in [1.165, 1.54) is 17.2 Å². The number of pyridine rings is 1. The fourth-order valence-electron chi connectivity index (χ4n) is 4.77. The van der Waals surface area contributed by atoms with E-state index in [-0.39, 0.29) is 22.6 Å². The van der Waals surface area contributed by atoms with Crippen LogP contribution in [0.3, 0.4) is 0 Å². The molecular weight excluding hydrogens is 522 g/mol. The molecule has 1 fully saturated rings. The summed E-state index contributed by atoms with van der Waals surface area (Å²) in [7, 11) is 0. The first-order valence-corrected chi connectivity index (χ1v) is 13.6. The number of halogens is 1. The molecule has 0 saturated carbocycles. The van der Waals surface area contributed by atoms with Gasteiger partial charge in [0.05, 0.1) is 31.3 Å². The molecule has 3 heterocycles. The van der Waals surface area contributed by atoms with Crippen LogP contribution >= 0.6 is 11.6 Å². The van der Waals surface area contributed by atoms with Crippen molar-refractivity contribution in [3.8, 4) is 11.5 Å². The Bertz CT molecular complexity index is 1340. The number of carbonyl (C=O) groups is 1. The summed E-state index contributed by atoms with van der Waals surface area (Å²) in [6.45, 7) is 9.10. The average molecular weight is 558 g/mol. The van der Waals surface area contributed by atoms with Crippen LogP contribution in [0.1, 0.15) is 45.8 Å². The van der Waals surface area contributed by atoms with Gasteiger partial charge in [0.1, 0.15) is 17.8 Å². The number of fused-ring (bicyclic) bond motifs is 1. The maximum atomic E-state index is 12.6. The molecule has 0 spiro atoms. The van der Waals surface area contributed by atoms with Crippen molar-refractivity contribution in [2.24, 2.45) is 5.41 Å². The van der Waals surface area contributed by atoms with Crippen molar-refractivity contribution in [1.29, 1.82) is 0 Å². The quantitative estimate of drug-likeness (QED) is 0.317. The van der Waals surface area contributed by atoms with Gasteiger partial charge in [-0.05, 0) is 48.9 Å². The minimum atomic E-state index is -0.900. The highest BCUT2D eigenvalue weighted by atomic mass is 35.5. The predicted octanol–water partition coefficient (Wildman–Crippen LogP) is 5.68. The summed E-state index contributed by atoms with van der Waals surface area (Å²) in [5.41, 5.74) is 0.373. The van der Waals surface area contributed by atoms with Crippen LogP contribution in [-0.2, 0) is 6.54 Å². The number of aromatic nitrogens is 1. The van der Waals surface area contributed by atoms with Crippen molar-refractivity contribution < 1.29 is 23.8 Å². The van der Waals surface area contributed by atoms with Gasteiger partial charge in [0, 0.05) is 42.3 Å². The van der Waals surface area contributed by atoms with Gasteiger partial charge in [-0.25, -0.2) is 4.79 Å².